The van der Waals surface area contributed by atoms with Gasteiger partial charge in [0.15, 0.2) is 12.4 Å². The van der Waals surface area contributed by atoms with Crippen LogP contribution in [0.3, 0.4) is 0 Å². The number of ether oxygens (including phenoxy) is 4. The first-order valence-corrected chi connectivity index (χ1v) is 21.2. The number of unbranched alkanes of at least 4 members (excludes halogenated alkanes) is 2. The molecule has 0 aromatic carbocycles. The number of hydrogen-bond acceptors (Lipinski definition) is 10. The van der Waals surface area contributed by atoms with Gasteiger partial charge < -0.3 is 39.6 Å². The molecule has 312 valence electrons. The van der Waals surface area contributed by atoms with E-state index in [1.807, 2.05) is 0 Å². The molecule has 0 unspecified atom stereocenters. The number of carbonyl (C=O) groups is 3. The molecule has 0 radical (unpaired) electrons. The van der Waals surface area contributed by atoms with Crippen molar-refractivity contribution in [3.63, 3.8) is 0 Å². The van der Waals surface area contributed by atoms with Gasteiger partial charge in [-0.2, -0.15) is 0 Å². The molecule has 0 aromatic heterocycles. The highest BCUT2D eigenvalue weighted by Crippen LogP contribution is 2.76. The molecule has 11 nitrogen and oxygen atoms in total. The zero-order chi connectivity index (χ0) is 40.4. The Balaban J connectivity index is 1.21. The van der Waals surface area contributed by atoms with Crippen LogP contribution in [0.4, 0.5) is 0 Å². The number of rotatable bonds is 10. The monoisotopic (exact) mass is 774 g/mol. The third kappa shape index (κ3) is 7.01. The zero-order valence-corrected chi connectivity index (χ0v) is 35.1. The molecule has 5 fully saturated rings. The summed E-state index contributed by atoms with van der Waals surface area (Å²) in [5.74, 6) is 0.178. The van der Waals surface area contributed by atoms with Gasteiger partial charge in [-0.15, -0.1) is 0 Å². The van der Waals surface area contributed by atoms with Crippen molar-refractivity contribution in [3.8, 4) is 0 Å². The summed E-state index contributed by atoms with van der Waals surface area (Å²) in [6.45, 7) is 17.5. The van der Waals surface area contributed by atoms with Crippen LogP contribution in [0, 0.1) is 50.2 Å². The largest absolute Gasteiger partial charge is 0.469 e. The third-order valence-electron chi connectivity index (χ3n) is 16.9. The molecule has 1 heterocycles. The maximum absolute atomic E-state index is 14.4. The van der Waals surface area contributed by atoms with Gasteiger partial charge in [-0.05, 0) is 122 Å². The number of esters is 2. The van der Waals surface area contributed by atoms with E-state index in [9.17, 15) is 29.7 Å². The van der Waals surface area contributed by atoms with Crippen molar-refractivity contribution < 1.29 is 48.7 Å². The van der Waals surface area contributed by atoms with Crippen molar-refractivity contribution >= 4 is 17.8 Å². The summed E-state index contributed by atoms with van der Waals surface area (Å²) < 4.78 is 21.9. The molecule has 0 spiro atoms. The minimum absolute atomic E-state index is 0.0172. The van der Waals surface area contributed by atoms with Crippen LogP contribution >= 0.6 is 0 Å². The van der Waals surface area contributed by atoms with Crippen LogP contribution in [-0.4, -0.2) is 90.7 Å². The average molecular weight is 774 g/mol. The predicted molar refractivity (Wildman–Crippen MR) is 206 cm³/mol. The summed E-state index contributed by atoms with van der Waals surface area (Å²) in [4.78, 5) is 38.3. The standard InChI is InChI=1S/C44H71NO10/c1-39(2)20-22-44(38(51)45-24-12-10-11-13-31(46)52-8)23-21-42(6)26(27(44)25-39)14-15-29-41(5)18-17-30(40(3,4)28(41)16-19-43(29,42)7)54-37-34(49)32(47)33(48)35(55-37)36(50)53-9/h14,27-30,32-35,37,47-49H,10-13,15-25H2,1-9H3,(H,45,51)/t27-,28-,29+,30-,32-,33-,34-,35-,37-,41-,42+,43+,44-/m0/s1. The number of fused-ring (bicyclic) bond motifs is 7. The quantitative estimate of drug-likeness (QED) is 0.0897. The molecule has 0 bridgehead atoms. The second kappa shape index (κ2) is 15.3. The molecule has 0 aromatic rings. The second-order valence-electron chi connectivity index (χ2n) is 20.4. The topological polar surface area (TPSA) is 161 Å². The van der Waals surface area contributed by atoms with Gasteiger partial charge in [0.05, 0.1) is 25.7 Å². The summed E-state index contributed by atoms with van der Waals surface area (Å²) in [5, 5.41) is 35.3. The fourth-order valence-electron chi connectivity index (χ4n) is 13.4. The molecule has 1 aliphatic heterocycles. The summed E-state index contributed by atoms with van der Waals surface area (Å²) in [6, 6.07) is 0. The average Bonchev–Trinajstić information content (AvgIpc) is 3.13. The molecule has 6 rings (SSSR count). The van der Waals surface area contributed by atoms with Crippen LogP contribution in [0.2, 0.25) is 0 Å². The molecule has 4 N–H and O–H groups in total. The molecule has 6 aliphatic rings. The van der Waals surface area contributed by atoms with Crippen molar-refractivity contribution in [3.05, 3.63) is 11.6 Å². The van der Waals surface area contributed by atoms with Crippen LogP contribution in [0.15, 0.2) is 11.6 Å². The molecule has 11 heteroatoms. The van der Waals surface area contributed by atoms with Gasteiger partial charge in [0, 0.05) is 13.0 Å². The van der Waals surface area contributed by atoms with Crippen LogP contribution in [0.1, 0.15) is 138 Å². The van der Waals surface area contributed by atoms with E-state index in [4.69, 9.17) is 18.9 Å². The smallest absolute Gasteiger partial charge is 0.337 e. The number of methoxy groups -OCH3 is 2. The third-order valence-corrected chi connectivity index (χ3v) is 16.9. The Morgan fingerprint density at radius 2 is 1.53 bits per heavy atom. The first-order valence-electron chi connectivity index (χ1n) is 21.2. The van der Waals surface area contributed by atoms with Gasteiger partial charge in [0.1, 0.15) is 18.3 Å². The normalized spacial score (nSPS) is 44.4. The Morgan fingerprint density at radius 3 is 2.22 bits per heavy atom. The van der Waals surface area contributed by atoms with Crippen LogP contribution < -0.4 is 5.32 Å². The Morgan fingerprint density at radius 1 is 0.818 bits per heavy atom. The van der Waals surface area contributed by atoms with E-state index in [0.29, 0.717) is 24.8 Å². The van der Waals surface area contributed by atoms with Crippen LogP contribution in [-0.2, 0) is 33.3 Å². The van der Waals surface area contributed by atoms with Gasteiger partial charge in [-0.25, -0.2) is 4.79 Å². The van der Waals surface area contributed by atoms with Crippen molar-refractivity contribution in [1.29, 1.82) is 0 Å². The summed E-state index contributed by atoms with van der Waals surface area (Å²) >= 11 is 0. The molecule has 4 saturated carbocycles. The SMILES string of the molecule is COC(=O)CCCCCNC(=O)[C@]12CCC(C)(C)C[C@H]1C1=CC[C@@H]3[C@@]4(C)CC[C@H](O[C@H]5O[C@H](C(=O)OC)[C@@H](O)[C@H](O)[C@@H]5O)C(C)(C)[C@@H]4CC[C@@]3(C)[C@]1(C)CC2. The van der Waals surface area contributed by atoms with Crippen molar-refractivity contribution in [2.45, 2.75) is 175 Å². The molecule has 1 amide bonds. The number of aliphatic hydroxyl groups is 3. The number of aliphatic hydroxyl groups excluding tert-OH is 3. The zero-order valence-electron chi connectivity index (χ0n) is 35.1. The number of allylic oxidation sites excluding steroid dienone is 2. The van der Waals surface area contributed by atoms with Crippen LogP contribution in [0.5, 0.6) is 0 Å². The van der Waals surface area contributed by atoms with Crippen molar-refractivity contribution in [2.24, 2.45) is 50.2 Å². The van der Waals surface area contributed by atoms with E-state index in [-0.39, 0.29) is 51.0 Å². The molecular weight excluding hydrogens is 702 g/mol. The maximum Gasteiger partial charge on any atom is 0.337 e. The molecule has 5 aliphatic carbocycles. The number of nitrogens with one attached hydrogen (secondary N) is 1. The Hall–Kier alpha value is -2.05. The minimum atomic E-state index is -1.62. The van der Waals surface area contributed by atoms with Crippen molar-refractivity contribution in [2.75, 3.05) is 20.8 Å². The predicted octanol–water partition coefficient (Wildman–Crippen LogP) is 6.00. The van der Waals surface area contributed by atoms with E-state index in [2.05, 4.69) is 59.9 Å². The highest BCUT2D eigenvalue weighted by molar-refractivity contribution is 5.84. The Bertz CT molecular complexity index is 1490. The van der Waals surface area contributed by atoms with Gasteiger partial charge in [0.2, 0.25) is 5.91 Å². The lowest BCUT2D eigenvalue weighted by atomic mass is 9.33. The van der Waals surface area contributed by atoms with E-state index in [1.54, 1.807) is 0 Å². The molecule has 55 heavy (non-hydrogen) atoms. The number of hydrogen-bond donors (Lipinski definition) is 4. The fraction of sp³-hybridized carbons (Fsp3) is 0.886. The lowest BCUT2D eigenvalue weighted by molar-refractivity contribution is -0.324. The molecular formula is C44H71NO10. The van der Waals surface area contributed by atoms with E-state index in [1.165, 1.54) is 19.8 Å². The van der Waals surface area contributed by atoms with E-state index >= 15 is 0 Å². The van der Waals surface area contributed by atoms with E-state index < -0.39 is 42.1 Å². The lowest BCUT2D eigenvalue weighted by Gasteiger charge is -2.71. The molecule has 1 saturated heterocycles. The summed E-state index contributed by atoms with van der Waals surface area (Å²) in [5.41, 5.74) is 1.02. The minimum Gasteiger partial charge on any atom is -0.469 e. The van der Waals surface area contributed by atoms with E-state index in [0.717, 1.165) is 83.5 Å². The first-order chi connectivity index (χ1) is 25.7. The highest BCUT2D eigenvalue weighted by atomic mass is 16.7. The highest BCUT2D eigenvalue weighted by Gasteiger charge is 2.69. The number of amides is 1. The van der Waals surface area contributed by atoms with Gasteiger partial charge in [0.25, 0.3) is 0 Å². The van der Waals surface area contributed by atoms with Crippen LogP contribution in [0.25, 0.3) is 0 Å². The summed E-state index contributed by atoms with van der Waals surface area (Å²) in [7, 11) is 2.61. The second-order valence-corrected chi connectivity index (χ2v) is 20.4. The lowest BCUT2D eigenvalue weighted by Crippen LogP contribution is -2.66. The van der Waals surface area contributed by atoms with Gasteiger partial charge in [-0.1, -0.05) is 66.5 Å². The first kappa shape index (κ1) is 42.6. The number of carbonyl (C=O) groups excluding carboxylic acids is 3. The van der Waals surface area contributed by atoms with Crippen molar-refractivity contribution in [1.82, 2.24) is 5.32 Å². The van der Waals surface area contributed by atoms with Gasteiger partial charge >= 0.3 is 11.9 Å². The summed E-state index contributed by atoms with van der Waals surface area (Å²) in [6.07, 6.45) is 7.34. The Labute approximate surface area is 329 Å². The maximum atomic E-state index is 14.4. The van der Waals surface area contributed by atoms with Gasteiger partial charge in [-0.3, -0.25) is 9.59 Å². The Kier molecular flexibility index (Phi) is 11.8. The molecule has 13 atom stereocenters. The fourth-order valence-corrected chi connectivity index (χ4v) is 13.4.